The second-order valence-corrected chi connectivity index (χ2v) is 1.51. The van der Waals surface area contributed by atoms with E-state index in [1.807, 2.05) is 0 Å². The molecule has 0 bridgehead atoms. The number of halogens is 3. The number of carbonyl (C=O) groups excluding carboxylic acids is 2. The zero-order valence-corrected chi connectivity index (χ0v) is 5.62. The van der Waals surface area contributed by atoms with E-state index in [-0.39, 0.29) is 0 Å². The van der Waals surface area contributed by atoms with Crippen LogP contribution in [-0.4, -0.2) is 29.6 Å². The Bertz CT molecular complexity index is 243. The van der Waals surface area contributed by atoms with Crippen molar-refractivity contribution in [2.75, 3.05) is 0 Å². The maximum absolute atomic E-state index is 11.3. The fraction of sp³-hybridized carbons (Fsp3) is 0.250. The summed E-state index contributed by atoms with van der Waals surface area (Å²) < 4.78 is 39.9. The maximum Gasteiger partial charge on any atom is 0.526 e. The number of esters is 1. The van der Waals surface area contributed by atoms with Crippen LogP contribution in [0.3, 0.4) is 0 Å². The second kappa shape index (κ2) is 3.74. The first-order valence-electron chi connectivity index (χ1n) is 2.47. The fourth-order valence-electron chi connectivity index (χ4n) is 0.226. The minimum absolute atomic E-state index is 2.18. The molecular formula is C4HF3O6. The zero-order chi connectivity index (χ0) is 10.6. The van der Waals surface area contributed by atoms with Crippen LogP contribution in [0.15, 0.2) is 0 Å². The summed E-state index contributed by atoms with van der Waals surface area (Å²) in [6.07, 6.45) is -9.81. The summed E-state index contributed by atoms with van der Waals surface area (Å²) >= 11 is 0. The lowest BCUT2D eigenvalue weighted by Crippen LogP contribution is -2.28. The molecule has 0 saturated heterocycles. The van der Waals surface area contributed by atoms with Gasteiger partial charge in [0, 0.05) is 0 Å². The molecule has 0 amide bonds. The summed E-state index contributed by atoms with van der Waals surface area (Å²) in [6.45, 7) is 0. The average molecular weight is 202 g/mol. The molecule has 0 unspecified atom stereocenters. The largest absolute Gasteiger partial charge is 0.526 e. The van der Waals surface area contributed by atoms with Gasteiger partial charge < -0.3 is 14.6 Å². The first kappa shape index (κ1) is 11.2. The normalized spacial score (nSPS) is 10.4. The van der Waals surface area contributed by atoms with Crippen LogP contribution in [0.4, 0.5) is 22.8 Å². The topological polar surface area (TPSA) is 89.9 Å². The third kappa shape index (κ3) is 4.61. The van der Waals surface area contributed by atoms with E-state index < -0.39 is 24.5 Å². The molecule has 0 aliphatic carbocycles. The lowest BCUT2D eigenvalue weighted by atomic mass is 10.7. The lowest BCUT2D eigenvalue weighted by molar-refractivity contribution is -0.194. The highest BCUT2D eigenvalue weighted by Crippen LogP contribution is 2.16. The van der Waals surface area contributed by atoms with Gasteiger partial charge in [-0.2, -0.15) is 13.2 Å². The molecule has 0 aromatic heterocycles. The van der Waals surface area contributed by atoms with Gasteiger partial charge in [0.25, 0.3) is 0 Å². The standard InChI is InChI=1S/C4HF3O6/c5-4(6,7)1(8)12-3(11)13-2(9)10/h(H,9,10). The predicted molar refractivity (Wildman–Crippen MR) is 26.7 cm³/mol. The number of hydrogen-bond acceptors (Lipinski definition) is 5. The van der Waals surface area contributed by atoms with Crippen LogP contribution < -0.4 is 0 Å². The Hall–Kier alpha value is -1.80. The Labute approximate surface area is 67.8 Å². The number of ether oxygens (including phenoxy) is 2. The minimum atomic E-state index is -5.38. The average Bonchev–Trinajstić information content (AvgIpc) is 1.82. The smallest absolute Gasteiger partial charge is 0.449 e. The Morgan fingerprint density at radius 2 is 1.54 bits per heavy atom. The monoisotopic (exact) mass is 202 g/mol. The number of rotatable bonds is 0. The van der Waals surface area contributed by atoms with Crippen LogP contribution in [0.2, 0.25) is 0 Å². The molecule has 0 fully saturated rings. The molecule has 6 nitrogen and oxygen atoms in total. The van der Waals surface area contributed by atoms with Crippen molar-refractivity contribution < 1.29 is 42.1 Å². The van der Waals surface area contributed by atoms with Crippen molar-refractivity contribution in [3.05, 3.63) is 0 Å². The van der Waals surface area contributed by atoms with E-state index in [9.17, 15) is 27.6 Å². The summed E-state index contributed by atoms with van der Waals surface area (Å²) in [4.78, 5) is 29.3. The Morgan fingerprint density at radius 1 is 1.08 bits per heavy atom. The predicted octanol–water partition coefficient (Wildman–Crippen LogP) is 0.907. The van der Waals surface area contributed by atoms with Crippen molar-refractivity contribution in [1.82, 2.24) is 0 Å². The number of carbonyl (C=O) groups is 3. The van der Waals surface area contributed by atoms with Gasteiger partial charge >= 0.3 is 24.5 Å². The van der Waals surface area contributed by atoms with Gasteiger partial charge in [-0.3, -0.25) is 0 Å². The molecule has 0 rings (SSSR count). The van der Waals surface area contributed by atoms with E-state index >= 15 is 0 Å². The van der Waals surface area contributed by atoms with Gasteiger partial charge in [0.05, 0.1) is 0 Å². The molecular weight excluding hydrogens is 201 g/mol. The maximum atomic E-state index is 11.3. The van der Waals surface area contributed by atoms with Gasteiger partial charge in [-0.15, -0.1) is 0 Å². The van der Waals surface area contributed by atoms with Crippen LogP contribution in [-0.2, 0) is 14.3 Å². The van der Waals surface area contributed by atoms with Gasteiger partial charge in [0.15, 0.2) is 0 Å². The molecule has 74 valence electrons. The van der Waals surface area contributed by atoms with Gasteiger partial charge in [-0.25, -0.2) is 14.4 Å². The summed E-state index contributed by atoms with van der Waals surface area (Å²) in [5.41, 5.74) is 0. The van der Waals surface area contributed by atoms with E-state index in [0.29, 0.717) is 0 Å². The molecule has 0 saturated carbocycles. The number of alkyl halides is 3. The molecule has 0 aliphatic rings. The van der Waals surface area contributed by atoms with E-state index in [0.717, 1.165) is 0 Å². The van der Waals surface area contributed by atoms with Crippen LogP contribution in [0.5, 0.6) is 0 Å². The van der Waals surface area contributed by atoms with Crippen molar-refractivity contribution in [3.8, 4) is 0 Å². The van der Waals surface area contributed by atoms with Gasteiger partial charge in [0.1, 0.15) is 0 Å². The molecule has 0 radical (unpaired) electrons. The molecule has 13 heavy (non-hydrogen) atoms. The molecule has 1 N–H and O–H groups in total. The molecule has 9 heteroatoms. The second-order valence-electron chi connectivity index (χ2n) is 1.51. The zero-order valence-electron chi connectivity index (χ0n) is 5.62. The minimum Gasteiger partial charge on any atom is -0.449 e. The Balaban J connectivity index is 4.08. The van der Waals surface area contributed by atoms with Crippen LogP contribution in [0.1, 0.15) is 0 Å². The van der Waals surface area contributed by atoms with E-state index in [1.54, 1.807) is 0 Å². The van der Waals surface area contributed by atoms with Gasteiger partial charge in [0.2, 0.25) is 0 Å². The quantitative estimate of drug-likeness (QED) is 0.463. The van der Waals surface area contributed by atoms with E-state index in [1.165, 1.54) is 0 Å². The van der Waals surface area contributed by atoms with E-state index in [4.69, 9.17) is 5.11 Å². The lowest BCUT2D eigenvalue weighted by Gasteiger charge is -2.02. The van der Waals surface area contributed by atoms with Crippen molar-refractivity contribution >= 4 is 18.3 Å². The SMILES string of the molecule is O=C(O)OC(=O)OC(=O)C(F)(F)F. The molecule has 0 heterocycles. The van der Waals surface area contributed by atoms with Crippen LogP contribution in [0.25, 0.3) is 0 Å². The highest BCUT2D eigenvalue weighted by Gasteiger charge is 2.43. The molecule has 0 aliphatic heterocycles. The van der Waals surface area contributed by atoms with Crippen LogP contribution >= 0.6 is 0 Å². The van der Waals surface area contributed by atoms with Crippen LogP contribution in [0, 0.1) is 0 Å². The molecule has 0 aromatic carbocycles. The van der Waals surface area contributed by atoms with E-state index in [2.05, 4.69) is 9.47 Å². The molecule has 0 aromatic rings. The third-order valence-electron chi connectivity index (χ3n) is 0.578. The number of hydrogen-bond donors (Lipinski definition) is 1. The van der Waals surface area contributed by atoms with Crippen molar-refractivity contribution in [2.45, 2.75) is 6.18 Å². The highest BCUT2D eigenvalue weighted by atomic mass is 19.4. The number of carboxylic acid groups (broad SMARTS) is 1. The Kier molecular flexibility index (Phi) is 3.22. The Morgan fingerprint density at radius 3 is 1.85 bits per heavy atom. The van der Waals surface area contributed by atoms with Crippen molar-refractivity contribution in [1.29, 1.82) is 0 Å². The highest BCUT2D eigenvalue weighted by molar-refractivity contribution is 5.88. The van der Waals surface area contributed by atoms with Crippen molar-refractivity contribution in [2.24, 2.45) is 0 Å². The van der Waals surface area contributed by atoms with Gasteiger partial charge in [-0.1, -0.05) is 0 Å². The summed E-state index contributed by atoms with van der Waals surface area (Å²) in [5, 5.41) is 7.68. The third-order valence-corrected chi connectivity index (χ3v) is 0.578. The fourth-order valence-corrected chi connectivity index (χ4v) is 0.226. The molecule has 0 atom stereocenters. The summed E-state index contributed by atoms with van der Waals surface area (Å²) in [5.74, 6) is -2.85. The first-order chi connectivity index (χ1) is 5.73. The first-order valence-corrected chi connectivity index (χ1v) is 2.47. The summed E-state index contributed by atoms with van der Waals surface area (Å²) in [7, 11) is 0. The summed E-state index contributed by atoms with van der Waals surface area (Å²) in [6, 6.07) is 0. The van der Waals surface area contributed by atoms with Gasteiger partial charge in [-0.05, 0) is 0 Å². The molecule has 0 spiro atoms. The van der Waals surface area contributed by atoms with Crippen molar-refractivity contribution in [3.63, 3.8) is 0 Å².